The first-order valence-corrected chi connectivity index (χ1v) is 8.07. The van der Waals surface area contributed by atoms with Crippen LogP contribution in [0.15, 0.2) is 48.5 Å². The highest BCUT2D eigenvalue weighted by atomic mass is 16.5. The Labute approximate surface area is 147 Å². The van der Waals surface area contributed by atoms with Gasteiger partial charge in [0.05, 0.1) is 7.11 Å². The number of methoxy groups -OCH3 is 1. The summed E-state index contributed by atoms with van der Waals surface area (Å²) in [7, 11) is 1.57. The minimum atomic E-state index is -1.22. The molecule has 2 aromatic carbocycles. The van der Waals surface area contributed by atoms with Crippen LogP contribution in [0, 0.1) is 0 Å². The van der Waals surface area contributed by atoms with Crippen molar-refractivity contribution in [1.82, 2.24) is 5.73 Å². The largest absolute Gasteiger partial charge is 0.497 e. The van der Waals surface area contributed by atoms with Gasteiger partial charge in [0.25, 0.3) is 5.91 Å². The Morgan fingerprint density at radius 3 is 2.00 bits per heavy atom. The minimum Gasteiger partial charge on any atom is -0.497 e. The lowest BCUT2D eigenvalue weighted by Gasteiger charge is -2.14. The topological polar surface area (TPSA) is 76.4 Å². The molecule has 0 bridgehead atoms. The molecule has 1 unspecified atom stereocenters. The molecule has 1 N–H and O–H groups in total. The van der Waals surface area contributed by atoms with E-state index in [1.165, 1.54) is 0 Å². The highest BCUT2D eigenvalue weighted by molar-refractivity contribution is 6.02. The zero-order chi connectivity index (χ0) is 18.4. The number of benzene rings is 2. The molecule has 0 aliphatic heterocycles. The Balaban J connectivity index is 2.08. The number of esters is 1. The van der Waals surface area contributed by atoms with Gasteiger partial charge in [-0.05, 0) is 34.7 Å². The van der Waals surface area contributed by atoms with Crippen LogP contribution in [0.5, 0.6) is 5.75 Å². The van der Waals surface area contributed by atoms with Gasteiger partial charge in [-0.15, -0.1) is 0 Å². The van der Waals surface area contributed by atoms with Crippen LogP contribution in [0.25, 0.3) is 0 Å². The van der Waals surface area contributed by atoms with E-state index >= 15 is 0 Å². The standard InChI is InChI=1S/C20H22NO4/c1-13(2)15-6-8-16(9-7-15)18(19(21)22)20(23)25-12-14-4-10-17(24-3)11-5-14/h4-11,13,18,21H,12H2,1-3H3. The van der Waals surface area contributed by atoms with Crippen LogP contribution in [0.4, 0.5) is 0 Å². The number of hydrogen-bond donors (Lipinski definition) is 0. The van der Waals surface area contributed by atoms with Crippen molar-refractivity contribution in [2.45, 2.75) is 32.3 Å². The van der Waals surface area contributed by atoms with Crippen LogP contribution in [0.1, 0.15) is 42.4 Å². The van der Waals surface area contributed by atoms with E-state index in [9.17, 15) is 9.59 Å². The summed E-state index contributed by atoms with van der Waals surface area (Å²) in [5.41, 5.74) is 9.78. The molecule has 131 valence electrons. The number of carbonyl (C=O) groups is 2. The normalized spacial score (nSPS) is 11.8. The Morgan fingerprint density at radius 1 is 0.960 bits per heavy atom. The van der Waals surface area contributed by atoms with E-state index in [2.05, 4.69) is 13.8 Å². The Morgan fingerprint density at radius 2 is 1.52 bits per heavy atom. The molecule has 1 radical (unpaired) electrons. The van der Waals surface area contributed by atoms with E-state index < -0.39 is 17.8 Å². The highest BCUT2D eigenvalue weighted by Crippen LogP contribution is 2.22. The summed E-state index contributed by atoms with van der Waals surface area (Å²) in [4.78, 5) is 24.0. The predicted molar refractivity (Wildman–Crippen MR) is 94.2 cm³/mol. The van der Waals surface area contributed by atoms with Crippen molar-refractivity contribution in [3.05, 3.63) is 65.2 Å². The summed E-state index contributed by atoms with van der Waals surface area (Å²) < 4.78 is 10.3. The first kappa shape index (κ1) is 18.5. The van der Waals surface area contributed by atoms with Gasteiger partial charge < -0.3 is 9.47 Å². The molecule has 1 atom stereocenters. The van der Waals surface area contributed by atoms with Crippen molar-refractivity contribution >= 4 is 11.9 Å². The third-order valence-corrected chi connectivity index (χ3v) is 3.97. The molecule has 0 saturated carbocycles. The third kappa shape index (κ3) is 4.83. The van der Waals surface area contributed by atoms with Gasteiger partial charge in [0.1, 0.15) is 12.4 Å². The fourth-order valence-electron chi connectivity index (χ4n) is 2.43. The molecule has 2 aromatic rings. The Bertz CT molecular complexity index is 720. The fraction of sp³-hybridized carbons (Fsp3) is 0.300. The summed E-state index contributed by atoms with van der Waals surface area (Å²) in [5, 5.41) is 0. The molecule has 0 saturated heterocycles. The molecule has 1 amide bonds. The number of carbonyl (C=O) groups excluding carboxylic acids is 2. The number of hydrogen-bond acceptors (Lipinski definition) is 4. The first-order valence-electron chi connectivity index (χ1n) is 8.07. The summed E-state index contributed by atoms with van der Waals surface area (Å²) in [6, 6.07) is 14.2. The van der Waals surface area contributed by atoms with Crippen molar-refractivity contribution in [1.29, 1.82) is 0 Å². The second-order valence-corrected chi connectivity index (χ2v) is 6.07. The van der Waals surface area contributed by atoms with Crippen LogP contribution in [-0.2, 0) is 20.9 Å². The van der Waals surface area contributed by atoms with Crippen molar-refractivity contribution < 1.29 is 19.1 Å². The van der Waals surface area contributed by atoms with Crippen LogP contribution < -0.4 is 10.5 Å². The second kappa shape index (κ2) is 8.33. The molecular formula is C20H22NO4. The number of ether oxygens (including phenoxy) is 2. The van der Waals surface area contributed by atoms with Crippen molar-refractivity contribution in [2.24, 2.45) is 0 Å². The molecule has 0 fully saturated rings. The lowest BCUT2D eigenvalue weighted by Crippen LogP contribution is -2.24. The SMILES string of the molecule is COc1ccc(COC(=O)C(C([NH])=O)c2ccc(C(C)C)cc2)cc1. The van der Waals surface area contributed by atoms with E-state index in [0.717, 1.165) is 11.1 Å². The van der Waals surface area contributed by atoms with E-state index in [0.29, 0.717) is 17.2 Å². The minimum absolute atomic E-state index is 0.0384. The first-order chi connectivity index (χ1) is 11.9. The lowest BCUT2D eigenvalue weighted by molar-refractivity contribution is -0.149. The van der Waals surface area contributed by atoms with Gasteiger partial charge in [0.15, 0.2) is 5.92 Å². The lowest BCUT2D eigenvalue weighted by atomic mass is 9.95. The highest BCUT2D eigenvalue weighted by Gasteiger charge is 2.28. The average molecular weight is 340 g/mol. The number of nitrogens with one attached hydrogen (secondary N) is 1. The predicted octanol–water partition coefficient (Wildman–Crippen LogP) is 3.46. The van der Waals surface area contributed by atoms with E-state index in [1.54, 1.807) is 43.5 Å². The van der Waals surface area contributed by atoms with Crippen LogP contribution in [-0.4, -0.2) is 19.0 Å². The summed E-state index contributed by atoms with van der Waals surface area (Å²) in [6.07, 6.45) is 0. The molecule has 5 nitrogen and oxygen atoms in total. The van der Waals surface area contributed by atoms with Crippen molar-refractivity contribution in [3.8, 4) is 5.75 Å². The smallest absolute Gasteiger partial charge is 0.323 e. The summed E-state index contributed by atoms with van der Waals surface area (Å²) in [5.74, 6) is -1.86. The fourth-order valence-corrected chi connectivity index (χ4v) is 2.43. The van der Waals surface area contributed by atoms with Gasteiger partial charge in [-0.3, -0.25) is 15.3 Å². The Kier molecular flexibility index (Phi) is 6.17. The van der Waals surface area contributed by atoms with Crippen LogP contribution >= 0.6 is 0 Å². The van der Waals surface area contributed by atoms with Gasteiger partial charge in [0.2, 0.25) is 0 Å². The molecule has 0 spiro atoms. The average Bonchev–Trinajstić information content (AvgIpc) is 2.60. The maximum absolute atomic E-state index is 12.3. The monoisotopic (exact) mass is 340 g/mol. The Hall–Kier alpha value is -2.82. The molecule has 2 rings (SSSR count). The van der Waals surface area contributed by atoms with Crippen molar-refractivity contribution in [3.63, 3.8) is 0 Å². The van der Waals surface area contributed by atoms with Gasteiger partial charge in [-0.1, -0.05) is 50.2 Å². The molecule has 0 aromatic heterocycles. The van der Waals surface area contributed by atoms with Crippen LogP contribution in [0.3, 0.4) is 0 Å². The van der Waals surface area contributed by atoms with Gasteiger partial charge in [-0.2, -0.15) is 0 Å². The van der Waals surface area contributed by atoms with Crippen molar-refractivity contribution in [2.75, 3.05) is 7.11 Å². The van der Waals surface area contributed by atoms with E-state index in [4.69, 9.17) is 15.2 Å². The molecule has 0 heterocycles. The van der Waals surface area contributed by atoms with Gasteiger partial charge in [-0.25, -0.2) is 0 Å². The molecule has 5 heteroatoms. The summed E-state index contributed by atoms with van der Waals surface area (Å²) in [6.45, 7) is 4.16. The maximum Gasteiger partial charge on any atom is 0.323 e. The number of amides is 1. The maximum atomic E-state index is 12.3. The molecule has 25 heavy (non-hydrogen) atoms. The third-order valence-electron chi connectivity index (χ3n) is 3.97. The second-order valence-electron chi connectivity index (χ2n) is 6.07. The zero-order valence-corrected chi connectivity index (χ0v) is 14.6. The molecule has 0 aliphatic carbocycles. The van der Waals surface area contributed by atoms with Gasteiger partial charge in [0, 0.05) is 0 Å². The summed E-state index contributed by atoms with van der Waals surface area (Å²) >= 11 is 0. The zero-order valence-electron chi connectivity index (χ0n) is 14.6. The van der Waals surface area contributed by atoms with E-state index in [1.807, 2.05) is 12.1 Å². The van der Waals surface area contributed by atoms with E-state index in [-0.39, 0.29) is 6.61 Å². The molecular weight excluding hydrogens is 318 g/mol. The number of rotatable bonds is 7. The quantitative estimate of drug-likeness (QED) is 0.571. The van der Waals surface area contributed by atoms with Gasteiger partial charge >= 0.3 is 5.97 Å². The van der Waals surface area contributed by atoms with Crippen LogP contribution in [0.2, 0.25) is 0 Å². The molecule has 0 aliphatic rings.